The molecule has 0 spiro atoms. The van der Waals surface area contributed by atoms with Gasteiger partial charge in [-0.3, -0.25) is 14.6 Å². The van der Waals surface area contributed by atoms with Crippen LogP contribution in [0.5, 0.6) is 5.75 Å². The zero-order valence-electron chi connectivity index (χ0n) is 13.8. The lowest BCUT2D eigenvalue weighted by Crippen LogP contribution is -2.34. The summed E-state index contributed by atoms with van der Waals surface area (Å²) in [5, 5.41) is 5.10. The quantitative estimate of drug-likeness (QED) is 0.798. The Morgan fingerprint density at radius 3 is 2.50 bits per heavy atom. The Balaban J connectivity index is 1.81. The molecule has 0 radical (unpaired) electrons. The third kappa shape index (κ3) is 5.72. The SMILES string of the molecule is CC(C)COc1ccc(NC(=O)C(=O)NCc2cccnc2)cc1. The van der Waals surface area contributed by atoms with Crippen LogP contribution in [-0.4, -0.2) is 23.4 Å². The molecule has 126 valence electrons. The highest BCUT2D eigenvalue weighted by atomic mass is 16.5. The molecule has 0 aliphatic carbocycles. The Morgan fingerprint density at radius 1 is 1.12 bits per heavy atom. The summed E-state index contributed by atoms with van der Waals surface area (Å²) in [7, 11) is 0. The Kier molecular flexibility index (Phi) is 6.31. The summed E-state index contributed by atoms with van der Waals surface area (Å²) in [6.07, 6.45) is 3.28. The van der Waals surface area contributed by atoms with Gasteiger partial charge in [0.25, 0.3) is 0 Å². The number of carbonyl (C=O) groups is 2. The normalized spacial score (nSPS) is 10.3. The molecule has 0 unspecified atom stereocenters. The molecule has 0 aliphatic heterocycles. The molecule has 0 saturated heterocycles. The molecule has 0 aliphatic rings. The van der Waals surface area contributed by atoms with E-state index in [9.17, 15) is 9.59 Å². The molecule has 2 N–H and O–H groups in total. The smallest absolute Gasteiger partial charge is 0.313 e. The van der Waals surface area contributed by atoms with E-state index < -0.39 is 11.8 Å². The first-order chi connectivity index (χ1) is 11.5. The number of anilines is 1. The topological polar surface area (TPSA) is 80.3 Å². The maximum Gasteiger partial charge on any atom is 0.313 e. The molecule has 0 fully saturated rings. The number of nitrogens with zero attached hydrogens (tertiary/aromatic N) is 1. The average molecular weight is 327 g/mol. The van der Waals surface area contributed by atoms with Gasteiger partial charge in [0.05, 0.1) is 6.61 Å². The van der Waals surface area contributed by atoms with Gasteiger partial charge in [0.2, 0.25) is 0 Å². The van der Waals surface area contributed by atoms with Gasteiger partial charge in [-0.15, -0.1) is 0 Å². The number of amides is 2. The molecule has 2 aromatic rings. The summed E-state index contributed by atoms with van der Waals surface area (Å²) in [6, 6.07) is 10.5. The van der Waals surface area contributed by atoms with E-state index in [1.807, 2.05) is 6.07 Å². The van der Waals surface area contributed by atoms with E-state index >= 15 is 0 Å². The first kappa shape index (κ1) is 17.5. The van der Waals surface area contributed by atoms with Crippen LogP contribution in [0.3, 0.4) is 0 Å². The molecule has 1 aromatic carbocycles. The highest BCUT2D eigenvalue weighted by Gasteiger charge is 2.13. The summed E-state index contributed by atoms with van der Waals surface area (Å²) in [6.45, 7) is 5.02. The van der Waals surface area contributed by atoms with Crippen LogP contribution < -0.4 is 15.4 Å². The monoisotopic (exact) mass is 327 g/mol. The maximum atomic E-state index is 11.9. The van der Waals surface area contributed by atoms with Gasteiger partial charge in [-0.05, 0) is 41.8 Å². The van der Waals surface area contributed by atoms with Crippen molar-refractivity contribution >= 4 is 17.5 Å². The van der Waals surface area contributed by atoms with E-state index in [0.717, 1.165) is 11.3 Å². The van der Waals surface area contributed by atoms with Gasteiger partial charge in [-0.25, -0.2) is 0 Å². The molecular weight excluding hydrogens is 306 g/mol. The van der Waals surface area contributed by atoms with Crippen LogP contribution in [0.4, 0.5) is 5.69 Å². The number of aromatic nitrogens is 1. The minimum absolute atomic E-state index is 0.252. The van der Waals surface area contributed by atoms with Crippen molar-refractivity contribution in [2.45, 2.75) is 20.4 Å². The van der Waals surface area contributed by atoms with Gasteiger partial charge in [0.1, 0.15) is 5.75 Å². The summed E-state index contributed by atoms with van der Waals surface area (Å²) in [4.78, 5) is 27.6. The number of nitrogens with one attached hydrogen (secondary N) is 2. The second-order valence-corrected chi connectivity index (χ2v) is 5.73. The van der Waals surface area contributed by atoms with Crippen molar-refractivity contribution in [2.75, 3.05) is 11.9 Å². The van der Waals surface area contributed by atoms with Gasteiger partial charge in [0.15, 0.2) is 0 Å². The van der Waals surface area contributed by atoms with Crippen LogP contribution >= 0.6 is 0 Å². The summed E-state index contributed by atoms with van der Waals surface area (Å²) in [5.74, 6) is -0.246. The van der Waals surface area contributed by atoms with Crippen molar-refractivity contribution in [1.29, 1.82) is 0 Å². The van der Waals surface area contributed by atoms with E-state index in [1.165, 1.54) is 0 Å². The van der Waals surface area contributed by atoms with Crippen molar-refractivity contribution in [2.24, 2.45) is 5.92 Å². The summed E-state index contributed by atoms with van der Waals surface area (Å²) in [5.41, 5.74) is 1.36. The van der Waals surface area contributed by atoms with Crippen LogP contribution in [0.1, 0.15) is 19.4 Å². The number of rotatable bonds is 6. The molecule has 0 atom stereocenters. The number of benzene rings is 1. The fraction of sp³-hybridized carbons (Fsp3) is 0.278. The van der Waals surface area contributed by atoms with Crippen molar-refractivity contribution in [1.82, 2.24) is 10.3 Å². The third-order valence-corrected chi connectivity index (χ3v) is 3.08. The standard InChI is InChI=1S/C18H21N3O3/c1-13(2)12-24-16-7-5-15(6-8-16)21-18(23)17(22)20-11-14-4-3-9-19-10-14/h3-10,13H,11-12H2,1-2H3,(H,20,22)(H,21,23). The summed E-state index contributed by atoms with van der Waals surface area (Å²) < 4.78 is 5.56. The molecule has 2 rings (SSSR count). The fourth-order valence-electron chi connectivity index (χ4n) is 1.85. The molecule has 1 heterocycles. The molecular formula is C18H21N3O3. The van der Waals surface area contributed by atoms with Gasteiger partial charge >= 0.3 is 11.8 Å². The number of carbonyl (C=O) groups excluding carboxylic acids is 2. The van der Waals surface area contributed by atoms with E-state index in [1.54, 1.807) is 42.7 Å². The van der Waals surface area contributed by atoms with E-state index in [4.69, 9.17) is 4.74 Å². The largest absolute Gasteiger partial charge is 0.493 e. The first-order valence-electron chi connectivity index (χ1n) is 7.75. The predicted octanol–water partition coefficient (Wildman–Crippen LogP) is 2.37. The zero-order valence-corrected chi connectivity index (χ0v) is 13.8. The maximum absolute atomic E-state index is 11.9. The van der Waals surface area contributed by atoms with Crippen LogP contribution in [0, 0.1) is 5.92 Å². The molecule has 24 heavy (non-hydrogen) atoms. The van der Waals surface area contributed by atoms with Crippen molar-refractivity contribution in [3.8, 4) is 5.75 Å². The average Bonchev–Trinajstić information content (AvgIpc) is 2.59. The second-order valence-electron chi connectivity index (χ2n) is 5.73. The van der Waals surface area contributed by atoms with Crippen molar-refractivity contribution in [3.63, 3.8) is 0 Å². The summed E-state index contributed by atoms with van der Waals surface area (Å²) >= 11 is 0. The molecule has 0 saturated carbocycles. The van der Waals surface area contributed by atoms with Crippen molar-refractivity contribution in [3.05, 3.63) is 54.4 Å². The lowest BCUT2D eigenvalue weighted by Gasteiger charge is -2.10. The fourth-order valence-corrected chi connectivity index (χ4v) is 1.85. The molecule has 6 heteroatoms. The predicted molar refractivity (Wildman–Crippen MR) is 91.5 cm³/mol. The Morgan fingerprint density at radius 2 is 1.88 bits per heavy atom. The minimum Gasteiger partial charge on any atom is -0.493 e. The lowest BCUT2D eigenvalue weighted by atomic mass is 10.2. The highest BCUT2D eigenvalue weighted by Crippen LogP contribution is 2.16. The Bertz CT molecular complexity index is 670. The number of hydrogen-bond donors (Lipinski definition) is 2. The third-order valence-electron chi connectivity index (χ3n) is 3.08. The Labute approximate surface area is 141 Å². The van der Waals surface area contributed by atoms with Crippen LogP contribution in [0.2, 0.25) is 0 Å². The highest BCUT2D eigenvalue weighted by molar-refractivity contribution is 6.39. The van der Waals surface area contributed by atoms with E-state index in [0.29, 0.717) is 18.2 Å². The molecule has 6 nitrogen and oxygen atoms in total. The molecule has 0 bridgehead atoms. The second kappa shape index (κ2) is 8.67. The number of hydrogen-bond acceptors (Lipinski definition) is 4. The van der Waals surface area contributed by atoms with Gasteiger partial charge in [-0.2, -0.15) is 0 Å². The zero-order chi connectivity index (χ0) is 17.4. The molecule has 2 amide bonds. The van der Waals surface area contributed by atoms with Crippen LogP contribution in [0.25, 0.3) is 0 Å². The first-order valence-corrected chi connectivity index (χ1v) is 7.75. The molecule has 1 aromatic heterocycles. The van der Waals surface area contributed by atoms with Gasteiger partial charge in [-0.1, -0.05) is 19.9 Å². The number of ether oxygens (including phenoxy) is 1. The minimum atomic E-state index is -0.713. The lowest BCUT2D eigenvalue weighted by molar-refractivity contribution is -0.136. The Hall–Kier alpha value is -2.89. The van der Waals surface area contributed by atoms with Crippen LogP contribution in [0.15, 0.2) is 48.8 Å². The number of pyridine rings is 1. The van der Waals surface area contributed by atoms with Gasteiger partial charge < -0.3 is 15.4 Å². The van der Waals surface area contributed by atoms with Gasteiger partial charge in [0, 0.05) is 24.6 Å². The van der Waals surface area contributed by atoms with E-state index in [-0.39, 0.29) is 6.54 Å². The van der Waals surface area contributed by atoms with E-state index in [2.05, 4.69) is 29.5 Å². The van der Waals surface area contributed by atoms with Crippen molar-refractivity contribution < 1.29 is 14.3 Å². The van der Waals surface area contributed by atoms with Crippen LogP contribution in [-0.2, 0) is 16.1 Å².